The van der Waals surface area contributed by atoms with Gasteiger partial charge in [-0.3, -0.25) is 9.10 Å². The Labute approximate surface area is 190 Å². The van der Waals surface area contributed by atoms with Gasteiger partial charge in [0.15, 0.2) is 5.78 Å². The highest BCUT2D eigenvalue weighted by molar-refractivity contribution is 7.90. The molecule has 1 aliphatic rings. The van der Waals surface area contributed by atoms with E-state index in [0.29, 0.717) is 17.7 Å². The molecule has 0 aromatic heterocycles. The van der Waals surface area contributed by atoms with Crippen molar-refractivity contribution in [2.45, 2.75) is 32.2 Å². The maximum atomic E-state index is 12.6. The first-order valence-electron chi connectivity index (χ1n) is 10.5. The van der Waals surface area contributed by atoms with E-state index in [1.54, 1.807) is 19.2 Å². The third-order valence-electron chi connectivity index (χ3n) is 5.79. The zero-order chi connectivity index (χ0) is 22.6. The lowest BCUT2D eigenvalue weighted by atomic mass is 10.0. The molecule has 0 unspecified atom stereocenters. The third kappa shape index (κ3) is 5.66. The second-order valence-corrected chi connectivity index (χ2v) is 10.6. The van der Waals surface area contributed by atoms with Crippen LogP contribution in [0.5, 0.6) is 0 Å². The van der Waals surface area contributed by atoms with Gasteiger partial charge in [-0.05, 0) is 68.2 Å². The average Bonchev–Trinajstić information content (AvgIpc) is 2.74. The Morgan fingerprint density at radius 1 is 1.10 bits per heavy atom. The molecule has 6 nitrogen and oxygen atoms in total. The van der Waals surface area contributed by atoms with Gasteiger partial charge in [-0.1, -0.05) is 29.8 Å². The average molecular weight is 464 g/mol. The van der Waals surface area contributed by atoms with Crippen molar-refractivity contribution in [3.8, 4) is 0 Å². The SMILES string of the molecule is CN(CCCCC(=O)c1ccc2c(c1)CN(C)S(=O)(=O)N2C)CCc1ccccc1Cl. The monoisotopic (exact) mass is 463 g/mol. The summed E-state index contributed by atoms with van der Waals surface area (Å²) in [5, 5.41) is 0.807. The molecular formula is C23H30ClN3O3S. The molecule has 0 saturated carbocycles. The van der Waals surface area contributed by atoms with Gasteiger partial charge in [-0.2, -0.15) is 12.7 Å². The van der Waals surface area contributed by atoms with Crippen LogP contribution >= 0.6 is 11.6 Å². The highest BCUT2D eigenvalue weighted by Gasteiger charge is 2.31. The second kappa shape index (κ2) is 10.1. The zero-order valence-electron chi connectivity index (χ0n) is 18.3. The van der Waals surface area contributed by atoms with Crippen molar-refractivity contribution in [2.24, 2.45) is 0 Å². The molecule has 0 radical (unpaired) electrons. The Bertz CT molecular complexity index is 1040. The molecule has 3 rings (SSSR count). The van der Waals surface area contributed by atoms with Crippen LogP contribution in [-0.4, -0.2) is 57.6 Å². The first-order valence-corrected chi connectivity index (χ1v) is 12.3. The van der Waals surface area contributed by atoms with E-state index in [-0.39, 0.29) is 12.3 Å². The number of hydrogen-bond donors (Lipinski definition) is 0. The summed E-state index contributed by atoms with van der Waals surface area (Å²) in [6.45, 7) is 2.13. The van der Waals surface area contributed by atoms with Crippen LogP contribution in [0.1, 0.15) is 40.7 Å². The number of nitrogens with zero attached hydrogens (tertiary/aromatic N) is 3. The Kier molecular flexibility index (Phi) is 7.75. The van der Waals surface area contributed by atoms with Crippen molar-refractivity contribution in [1.82, 2.24) is 9.21 Å². The molecule has 0 bridgehead atoms. The largest absolute Gasteiger partial charge is 0.306 e. The molecule has 0 atom stereocenters. The Morgan fingerprint density at radius 3 is 2.58 bits per heavy atom. The van der Waals surface area contributed by atoms with Crippen molar-refractivity contribution in [2.75, 3.05) is 38.5 Å². The molecule has 1 aliphatic heterocycles. The molecule has 0 fully saturated rings. The van der Waals surface area contributed by atoms with Gasteiger partial charge in [0.05, 0.1) is 5.69 Å². The molecule has 168 valence electrons. The predicted molar refractivity (Wildman–Crippen MR) is 126 cm³/mol. The third-order valence-corrected chi connectivity index (χ3v) is 7.96. The number of likely N-dealkylation sites (N-methyl/N-ethyl adjacent to an activating group) is 1. The van der Waals surface area contributed by atoms with Crippen LogP contribution < -0.4 is 4.31 Å². The standard InChI is InChI=1S/C23H30ClN3O3S/c1-25(15-13-18-8-4-5-9-21(18)24)14-7-6-10-23(28)19-11-12-22-20(16-19)17-26(2)31(29,30)27(22)3/h4-5,8-9,11-12,16H,6-7,10,13-15,17H2,1-3H3. The highest BCUT2D eigenvalue weighted by Crippen LogP contribution is 2.31. The zero-order valence-corrected chi connectivity index (χ0v) is 19.9. The number of anilines is 1. The van der Waals surface area contributed by atoms with Gasteiger partial charge in [0, 0.05) is 44.2 Å². The number of ketones is 1. The first kappa shape index (κ1) is 23.7. The Hall–Kier alpha value is -1.93. The number of benzene rings is 2. The summed E-state index contributed by atoms with van der Waals surface area (Å²) in [4.78, 5) is 14.9. The van der Waals surface area contributed by atoms with Crippen LogP contribution in [0.2, 0.25) is 5.02 Å². The molecule has 0 amide bonds. The van der Waals surface area contributed by atoms with Crippen molar-refractivity contribution in [3.05, 3.63) is 64.2 Å². The quantitative estimate of drug-likeness (QED) is 0.416. The summed E-state index contributed by atoms with van der Waals surface area (Å²) >= 11 is 6.21. The van der Waals surface area contributed by atoms with E-state index in [2.05, 4.69) is 18.0 Å². The van der Waals surface area contributed by atoms with Gasteiger partial charge in [0.25, 0.3) is 0 Å². The lowest BCUT2D eigenvalue weighted by Gasteiger charge is -2.33. The molecule has 1 heterocycles. The fourth-order valence-corrected chi connectivity index (χ4v) is 5.16. The summed E-state index contributed by atoms with van der Waals surface area (Å²) in [6.07, 6.45) is 3.16. The number of rotatable bonds is 9. The van der Waals surface area contributed by atoms with Crippen LogP contribution in [0.3, 0.4) is 0 Å². The van der Waals surface area contributed by atoms with Gasteiger partial charge in [-0.25, -0.2) is 0 Å². The number of carbonyl (C=O) groups is 1. The van der Waals surface area contributed by atoms with Crippen LogP contribution in [0, 0.1) is 0 Å². The maximum Gasteiger partial charge on any atom is 0.303 e. The number of hydrogen-bond acceptors (Lipinski definition) is 4. The van der Waals surface area contributed by atoms with E-state index in [4.69, 9.17) is 11.6 Å². The summed E-state index contributed by atoms with van der Waals surface area (Å²) in [7, 11) is 1.70. The minimum Gasteiger partial charge on any atom is -0.306 e. The summed E-state index contributed by atoms with van der Waals surface area (Å²) in [6, 6.07) is 13.2. The van der Waals surface area contributed by atoms with E-state index in [1.165, 1.54) is 15.7 Å². The normalized spacial score (nSPS) is 15.8. The predicted octanol–water partition coefficient (Wildman–Crippen LogP) is 3.99. The lowest BCUT2D eigenvalue weighted by Crippen LogP contribution is -2.43. The smallest absolute Gasteiger partial charge is 0.303 e. The molecule has 2 aromatic rings. The summed E-state index contributed by atoms with van der Waals surface area (Å²) in [5.74, 6) is 0.0975. The minimum absolute atomic E-state index is 0.0975. The fourth-order valence-electron chi connectivity index (χ4n) is 3.78. The van der Waals surface area contributed by atoms with Crippen LogP contribution in [0.25, 0.3) is 0 Å². The van der Waals surface area contributed by atoms with E-state index in [1.807, 2.05) is 24.3 Å². The molecule has 0 aliphatic carbocycles. The van der Waals surface area contributed by atoms with E-state index < -0.39 is 10.2 Å². The molecule has 2 aromatic carbocycles. The molecule has 0 N–H and O–H groups in total. The van der Waals surface area contributed by atoms with Crippen molar-refractivity contribution >= 4 is 33.3 Å². The number of unbranched alkanes of at least 4 members (excludes halogenated alkanes) is 1. The summed E-state index contributed by atoms with van der Waals surface area (Å²) in [5.41, 5.74) is 3.29. The van der Waals surface area contributed by atoms with Gasteiger partial charge < -0.3 is 4.90 Å². The van der Waals surface area contributed by atoms with E-state index in [9.17, 15) is 13.2 Å². The summed E-state index contributed by atoms with van der Waals surface area (Å²) < 4.78 is 27.0. The Morgan fingerprint density at radius 2 is 1.84 bits per heavy atom. The van der Waals surface area contributed by atoms with Crippen molar-refractivity contribution < 1.29 is 13.2 Å². The number of Topliss-reactive ketones (excluding diaryl/α,β-unsaturated/α-hetero) is 1. The van der Waals surface area contributed by atoms with Crippen molar-refractivity contribution in [1.29, 1.82) is 0 Å². The number of halogens is 1. The van der Waals surface area contributed by atoms with Gasteiger partial charge in [0.2, 0.25) is 0 Å². The first-order chi connectivity index (χ1) is 14.7. The fraction of sp³-hybridized carbons (Fsp3) is 0.435. The van der Waals surface area contributed by atoms with Gasteiger partial charge >= 0.3 is 10.2 Å². The Balaban J connectivity index is 1.46. The van der Waals surface area contributed by atoms with Gasteiger partial charge in [0.1, 0.15) is 0 Å². The maximum absolute atomic E-state index is 12.6. The van der Waals surface area contributed by atoms with E-state index in [0.717, 1.165) is 48.5 Å². The van der Waals surface area contributed by atoms with Crippen LogP contribution in [-0.2, 0) is 23.2 Å². The number of fused-ring (bicyclic) bond motifs is 1. The highest BCUT2D eigenvalue weighted by atomic mass is 35.5. The topological polar surface area (TPSA) is 60.9 Å². The van der Waals surface area contributed by atoms with E-state index >= 15 is 0 Å². The molecule has 8 heteroatoms. The second-order valence-electron chi connectivity index (χ2n) is 8.10. The van der Waals surface area contributed by atoms with Gasteiger partial charge in [-0.15, -0.1) is 0 Å². The minimum atomic E-state index is -3.47. The molecule has 0 saturated heterocycles. The van der Waals surface area contributed by atoms with Crippen molar-refractivity contribution in [3.63, 3.8) is 0 Å². The molecule has 31 heavy (non-hydrogen) atoms. The molecule has 0 spiro atoms. The molecular weight excluding hydrogens is 434 g/mol. The number of carbonyl (C=O) groups excluding carboxylic acids is 1. The van der Waals surface area contributed by atoms with Crippen LogP contribution in [0.15, 0.2) is 42.5 Å². The lowest BCUT2D eigenvalue weighted by molar-refractivity contribution is 0.0978. The van der Waals surface area contributed by atoms with Crippen LogP contribution in [0.4, 0.5) is 5.69 Å².